The first kappa shape index (κ1) is 10.3. The highest BCUT2D eigenvalue weighted by atomic mass is 35.5. The summed E-state index contributed by atoms with van der Waals surface area (Å²) in [5, 5.41) is 8.78. The number of halogens is 1. The Bertz CT molecular complexity index is 187. The molecule has 0 radical (unpaired) electrons. The highest BCUT2D eigenvalue weighted by Crippen LogP contribution is 2.08. The van der Waals surface area contributed by atoms with Crippen LogP contribution >= 0.6 is 12.4 Å². The molecule has 0 aromatic heterocycles. The summed E-state index contributed by atoms with van der Waals surface area (Å²) >= 11 is 0. The van der Waals surface area contributed by atoms with E-state index in [4.69, 9.17) is 9.84 Å². The minimum absolute atomic E-state index is 0. The molecule has 0 heterocycles. The fraction of sp³-hybridized carbons (Fsp3) is 0.250. The van der Waals surface area contributed by atoms with E-state index in [1.165, 1.54) is 0 Å². The van der Waals surface area contributed by atoms with E-state index in [0.717, 1.165) is 0 Å². The van der Waals surface area contributed by atoms with Crippen molar-refractivity contribution in [2.45, 2.75) is 13.2 Å². The summed E-state index contributed by atoms with van der Waals surface area (Å²) in [7, 11) is 0. The van der Waals surface area contributed by atoms with E-state index >= 15 is 0 Å². The first-order valence-electron chi connectivity index (χ1n) is 3.19. The molecule has 1 aromatic carbocycles. The molecule has 62 valence electrons. The van der Waals surface area contributed by atoms with E-state index in [1.54, 1.807) is 19.1 Å². The molecule has 0 aliphatic carbocycles. The summed E-state index contributed by atoms with van der Waals surface area (Å²) < 4.78 is 4.97. The summed E-state index contributed by atoms with van der Waals surface area (Å²) in [6.45, 7) is 1.58. The third-order valence-corrected chi connectivity index (χ3v) is 1.05. The van der Waals surface area contributed by atoms with Gasteiger partial charge in [0.05, 0.1) is 0 Å². The van der Waals surface area contributed by atoms with E-state index in [9.17, 15) is 0 Å². The van der Waals surface area contributed by atoms with Crippen molar-refractivity contribution in [1.29, 1.82) is 0 Å². The summed E-state index contributed by atoms with van der Waals surface area (Å²) in [4.78, 5) is 0. The summed E-state index contributed by atoms with van der Waals surface area (Å²) in [6, 6.07) is 9.21. The van der Waals surface area contributed by atoms with Crippen LogP contribution in [0.1, 0.15) is 6.92 Å². The largest absolute Gasteiger partial charge is 0.465 e. The van der Waals surface area contributed by atoms with Crippen molar-refractivity contribution in [2.75, 3.05) is 0 Å². The molecule has 0 saturated carbocycles. The molecule has 3 heteroatoms. The highest BCUT2D eigenvalue weighted by molar-refractivity contribution is 5.85. The number of hydrogen-bond acceptors (Lipinski definition) is 2. The highest BCUT2D eigenvalue weighted by Gasteiger charge is 1.94. The second-order valence-electron chi connectivity index (χ2n) is 2.03. The van der Waals surface area contributed by atoms with Gasteiger partial charge in [-0.15, -0.1) is 12.4 Å². The van der Waals surface area contributed by atoms with E-state index in [2.05, 4.69) is 0 Å². The van der Waals surface area contributed by atoms with Gasteiger partial charge < -0.3 is 9.84 Å². The second-order valence-corrected chi connectivity index (χ2v) is 2.03. The molecule has 0 fully saturated rings. The lowest BCUT2D eigenvalue weighted by Gasteiger charge is -2.06. The average molecular weight is 175 g/mol. The summed E-state index contributed by atoms with van der Waals surface area (Å²) in [6.07, 6.45) is -0.734. The van der Waals surface area contributed by atoms with Gasteiger partial charge in [0, 0.05) is 0 Å². The molecule has 1 unspecified atom stereocenters. The SMILES string of the molecule is CC(O)Oc1ccccc1.Cl. The van der Waals surface area contributed by atoms with Crippen molar-refractivity contribution >= 4 is 12.4 Å². The van der Waals surface area contributed by atoms with Crippen molar-refractivity contribution in [3.05, 3.63) is 30.3 Å². The normalized spacial score (nSPS) is 11.5. The Balaban J connectivity index is 0.000001000. The molecule has 0 aliphatic rings. The van der Waals surface area contributed by atoms with Gasteiger partial charge in [-0.25, -0.2) is 0 Å². The summed E-state index contributed by atoms with van der Waals surface area (Å²) in [5.74, 6) is 0.692. The van der Waals surface area contributed by atoms with E-state index in [1.807, 2.05) is 18.2 Å². The van der Waals surface area contributed by atoms with Crippen LogP contribution in [0.5, 0.6) is 5.75 Å². The quantitative estimate of drug-likeness (QED) is 0.694. The molecular weight excluding hydrogens is 164 g/mol. The Morgan fingerprint density at radius 2 is 1.82 bits per heavy atom. The van der Waals surface area contributed by atoms with Gasteiger partial charge in [0.15, 0.2) is 6.29 Å². The second kappa shape index (κ2) is 4.99. The van der Waals surface area contributed by atoms with Crippen LogP contribution in [-0.4, -0.2) is 11.4 Å². The van der Waals surface area contributed by atoms with Crippen LogP contribution in [0.3, 0.4) is 0 Å². The molecule has 1 atom stereocenters. The van der Waals surface area contributed by atoms with Gasteiger partial charge in [0.25, 0.3) is 0 Å². The van der Waals surface area contributed by atoms with Crippen molar-refractivity contribution in [1.82, 2.24) is 0 Å². The van der Waals surface area contributed by atoms with Crippen LogP contribution in [0.15, 0.2) is 30.3 Å². The van der Waals surface area contributed by atoms with Crippen LogP contribution in [0.2, 0.25) is 0 Å². The van der Waals surface area contributed by atoms with Crippen molar-refractivity contribution in [2.24, 2.45) is 0 Å². The lowest BCUT2D eigenvalue weighted by Crippen LogP contribution is -2.08. The first-order chi connectivity index (χ1) is 4.79. The minimum Gasteiger partial charge on any atom is -0.465 e. The predicted octanol–water partition coefficient (Wildman–Crippen LogP) is 1.83. The van der Waals surface area contributed by atoms with Gasteiger partial charge >= 0.3 is 0 Å². The molecule has 0 saturated heterocycles. The number of benzene rings is 1. The molecule has 1 rings (SSSR count). The maximum absolute atomic E-state index is 8.78. The number of aliphatic hydroxyl groups excluding tert-OH is 1. The van der Waals surface area contributed by atoms with E-state index in [0.29, 0.717) is 5.75 Å². The fourth-order valence-corrected chi connectivity index (χ4v) is 0.696. The Morgan fingerprint density at radius 1 is 1.27 bits per heavy atom. The Morgan fingerprint density at radius 3 is 2.27 bits per heavy atom. The Labute approximate surface area is 72.2 Å². The molecule has 11 heavy (non-hydrogen) atoms. The zero-order chi connectivity index (χ0) is 7.40. The maximum Gasteiger partial charge on any atom is 0.194 e. The number of ether oxygens (including phenoxy) is 1. The molecule has 1 N–H and O–H groups in total. The maximum atomic E-state index is 8.78. The van der Waals surface area contributed by atoms with Crippen LogP contribution in [0, 0.1) is 0 Å². The first-order valence-corrected chi connectivity index (χ1v) is 3.19. The van der Waals surface area contributed by atoms with Gasteiger partial charge in [0.2, 0.25) is 0 Å². The van der Waals surface area contributed by atoms with Gasteiger partial charge in [0.1, 0.15) is 5.75 Å². The molecule has 0 bridgehead atoms. The topological polar surface area (TPSA) is 29.5 Å². The number of rotatable bonds is 2. The predicted molar refractivity (Wildman–Crippen MR) is 46.0 cm³/mol. The smallest absolute Gasteiger partial charge is 0.194 e. The third kappa shape index (κ3) is 3.86. The molecule has 0 spiro atoms. The van der Waals surface area contributed by atoms with Crippen LogP contribution < -0.4 is 4.74 Å². The average Bonchev–Trinajstić information content (AvgIpc) is 1.88. The van der Waals surface area contributed by atoms with Gasteiger partial charge in [-0.05, 0) is 19.1 Å². The zero-order valence-electron chi connectivity index (χ0n) is 6.23. The Hall–Kier alpha value is -0.730. The standard InChI is InChI=1S/C8H10O2.ClH/c1-7(9)10-8-5-3-2-4-6-8;/h2-7,9H,1H3;1H. The molecule has 1 aromatic rings. The van der Waals surface area contributed by atoms with Gasteiger partial charge in [-0.3, -0.25) is 0 Å². The number of hydrogen-bond donors (Lipinski definition) is 1. The van der Waals surface area contributed by atoms with Crippen LogP contribution in [-0.2, 0) is 0 Å². The van der Waals surface area contributed by atoms with Crippen molar-refractivity contribution < 1.29 is 9.84 Å². The monoisotopic (exact) mass is 174 g/mol. The third-order valence-electron chi connectivity index (χ3n) is 1.05. The Kier molecular flexibility index (Phi) is 4.66. The molecule has 0 amide bonds. The fourth-order valence-electron chi connectivity index (χ4n) is 0.696. The molecule has 0 aliphatic heterocycles. The van der Waals surface area contributed by atoms with E-state index in [-0.39, 0.29) is 12.4 Å². The summed E-state index contributed by atoms with van der Waals surface area (Å²) in [5.41, 5.74) is 0. The lowest BCUT2D eigenvalue weighted by molar-refractivity contribution is -0.000286. The van der Waals surface area contributed by atoms with Crippen molar-refractivity contribution in [3.63, 3.8) is 0 Å². The van der Waals surface area contributed by atoms with E-state index < -0.39 is 6.29 Å². The minimum atomic E-state index is -0.734. The molecular formula is C8H11ClO2. The van der Waals surface area contributed by atoms with Crippen LogP contribution in [0.25, 0.3) is 0 Å². The van der Waals surface area contributed by atoms with Crippen molar-refractivity contribution in [3.8, 4) is 5.75 Å². The number of para-hydroxylation sites is 1. The van der Waals surface area contributed by atoms with Crippen LogP contribution in [0.4, 0.5) is 0 Å². The zero-order valence-corrected chi connectivity index (χ0v) is 7.04. The number of aliphatic hydroxyl groups is 1. The lowest BCUT2D eigenvalue weighted by atomic mass is 10.3. The van der Waals surface area contributed by atoms with Gasteiger partial charge in [-0.1, -0.05) is 18.2 Å². The molecule has 2 nitrogen and oxygen atoms in total. The van der Waals surface area contributed by atoms with Gasteiger partial charge in [-0.2, -0.15) is 0 Å².